The van der Waals surface area contributed by atoms with Crippen molar-refractivity contribution in [3.05, 3.63) is 99.6 Å². The minimum atomic E-state index is -0.510. The third kappa shape index (κ3) is 3.87. The highest BCUT2D eigenvalue weighted by molar-refractivity contribution is 5.78. The van der Waals surface area contributed by atoms with Gasteiger partial charge in [0.1, 0.15) is 6.61 Å². The van der Waals surface area contributed by atoms with Gasteiger partial charge in [0.2, 0.25) is 0 Å². The monoisotopic (exact) mass is 361 g/mol. The van der Waals surface area contributed by atoms with Gasteiger partial charge in [-0.25, -0.2) is 0 Å². The number of fused-ring (bicyclic) bond motifs is 3. The Balaban J connectivity index is 0.000000157. The zero-order valence-electron chi connectivity index (χ0n) is 14.9. The van der Waals surface area contributed by atoms with Crippen molar-refractivity contribution < 1.29 is 14.5 Å². The number of benzene rings is 3. The molecule has 3 aromatic carbocycles. The maximum Gasteiger partial charge on any atom is 0.293 e. The highest BCUT2D eigenvalue weighted by atomic mass is 16.6. The first-order valence-electron chi connectivity index (χ1n) is 8.59. The van der Waals surface area contributed by atoms with Crippen LogP contribution in [0.15, 0.2) is 72.8 Å². The number of carbonyl (C=O) groups is 1. The van der Waals surface area contributed by atoms with Gasteiger partial charge in [-0.1, -0.05) is 67.6 Å². The van der Waals surface area contributed by atoms with Crippen LogP contribution >= 0.6 is 0 Å². The van der Waals surface area contributed by atoms with E-state index in [0.717, 1.165) is 0 Å². The summed E-state index contributed by atoms with van der Waals surface area (Å²) in [6.45, 7) is 2.47. The van der Waals surface area contributed by atoms with Crippen molar-refractivity contribution in [2.45, 2.75) is 19.4 Å². The molecule has 1 aliphatic rings. The van der Waals surface area contributed by atoms with Crippen LogP contribution in [0.4, 0.5) is 5.69 Å². The number of rotatable bonds is 4. The number of para-hydroxylation sites is 1. The Kier molecular flexibility index (Phi) is 5.61. The van der Waals surface area contributed by atoms with Gasteiger partial charge in [-0.05, 0) is 28.3 Å². The molecule has 0 radical (unpaired) electrons. The second-order valence-electron chi connectivity index (χ2n) is 6.19. The lowest BCUT2D eigenvalue weighted by molar-refractivity contribution is -0.385. The van der Waals surface area contributed by atoms with Crippen molar-refractivity contribution >= 4 is 12.2 Å². The standard InChI is InChI=1S/C14H12.C8H7NO4/c1-10-11-6-2-4-8-13(11)14-9-5-3-7-12(10)14;10-6-13-5-7-3-1-2-4-8(7)9(11)12/h2-10H,1H3;1-4,6H,5H2. The third-order valence-corrected chi connectivity index (χ3v) is 4.64. The Morgan fingerprint density at radius 1 is 0.926 bits per heavy atom. The molecule has 5 nitrogen and oxygen atoms in total. The van der Waals surface area contributed by atoms with Crippen molar-refractivity contribution in [2.24, 2.45) is 0 Å². The summed E-state index contributed by atoms with van der Waals surface area (Å²) >= 11 is 0. The molecule has 5 heteroatoms. The van der Waals surface area contributed by atoms with E-state index in [-0.39, 0.29) is 18.8 Å². The summed E-state index contributed by atoms with van der Waals surface area (Å²) in [5.74, 6) is 0.558. The van der Waals surface area contributed by atoms with E-state index < -0.39 is 4.92 Å². The van der Waals surface area contributed by atoms with Gasteiger partial charge in [-0.2, -0.15) is 0 Å². The van der Waals surface area contributed by atoms with Crippen molar-refractivity contribution in [3.63, 3.8) is 0 Å². The Morgan fingerprint density at radius 3 is 2.00 bits per heavy atom. The number of nitrogens with zero attached hydrogens (tertiary/aromatic N) is 1. The molecule has 0 N–H and O–H groups in total. The third-order valence-electron chi connectivity index (χ3n) is 4.64. The SMILES string of the molecule is CC1c2ccccc2-c2ccccc21.O=COCc1ccccc1[N+](=O)[O-]. The van der Waals surface area contributed by atoms with E-state index in [1.807, 2.05) is 0 Å². The largest absolute Gasteiger partial charge is 0.463 e. The van der Waals surface area contributed by atoms with Crippen molar-refractivity contribution in [1.82, 2.24) is 0 Å². The van der Waals surface area contributed by atoms with Crippen LogP contribution in [0, 0.1) is 10.1 Å². The van der Waals surface area contributed by atoms with Gasteiger partial charge in [0.15, 0.2) is 0 Å². The minimum Gasteiger partial charge on any atom is -0.463 e. The molecule has 0 saturated heterocycles. The average Bonchev–Trinajstić information content (AvgIpc) is 3.00. The maximum atomic E-state index is 10.4. The van der Waals surface area contributed by atoms with Crippen LogP contribution in [-0.2, 0) is 16.1 Å². The summed E-state index contributed by atoms with van der Waals surface area (Å²) in [6.07, 6.45) is 0. The molecule has 3 aromatic rings. The summed E-state index contributed by atoms with van der Waals surface area (Å²) < 4.78 is 4.43. The number of carbonyl (C=O) groups excluding carboxylic acids is 1. The molecular formula is C22H19NO4. The molecule has 0 saturated carbocycles. The van der Waals surface area contributed by atoms with Gasteiger partial charge in [0.25, 0.3) is 12.2 Å². The van der Waals surface area contributed by atoms with E-state index in [1.54, 1.807) is 18.2 Å². The minimum absolute atomic E-state index is 0.0376. The molecule has 0 amide bonds. The van der Waals surface area contributed by atoms with Gasteiger partial charge >= 0.3 is 0 Å². The van der Waals surface area contributed by atoms with E-state index >= 15 is 0 Å². The molecule has 136 valence electrons. The molecule has 0 heterocycles. The second-order valence-corrected chi connectivity index (χ2v) is 6.19. The summed E-state index contributed by atoms with van der Waals surface area (Å²) in [5.41, 5.74) is 6.11. The highest BCUT2D eigenvalue weighted by Crippen LogP contribution is 2.43. The predicted molar refractivity (Wildman–Crippen MR) is 103 cm³/mol. The fraction of sp³-hybridized carbons (Fsp3) is 0.136. The molecule has 0 aliphatic heterocycles. The number of nitro benzene ring substituents is 1. The lowest BCUT2D eigenvalue weighted by atomic mass is 10.00. The summed E-state index contributed by atoms with van der Waals surface area (Å²) in [4.78, 5) is 19.8. The van der Waals surface area contributed by atoms with Crippen LogP contribution in [0.2, 0.25) is 0 Å². The molecule has 0 spiro atoms. The van der Waals surface area contributed by atoms with E-state index in [1.165, 1.54) is 28.3 Å². The van der Waals surface area contributed by atoms with Gasteiger partial charge < -0.3 is 4.74 Å². The van der Waals surface area contributed by atoms with E-state index in [0.29, 0.717) is 11.5 Å². The maximum absolute atomic E-state index is 10.4. The van der Waals surface area contributed by atoms with E-state index in [9.17, 15) is 14.9 Å². The van der Waals surface area contributed by atoms with Crippen LogP contribution < -0.4 is 0 Å². The first-order chi connectivity index (χ1) is 13.1. The Bertz CT molecular complexity index is 922. The lowest BCUT2D eigenvalue weighted by Crippen LogP contribution is -1.97. The fourth-order valence-electron chi connectivity index (χ4n) is 3.34. The Labute approximate surface area is 157 Å². The Morgan fingerprint density at radius 2 is 1.44 bits per heavy atom. The van der Waals surface area contributed by atoms with Crippen molar-refractivity contribution in [3.8, 4) is 11.1 Å². The predicted octanol–water partition coefficient (Wildman–Crippen LogP) is 5.09. The summed E-state index contributed by atoms with van der Waals surface area (Å²) in [6, 6.07) is 23.5. The van der Waals surface area contributed by atoms with Crippen LogP contribution in [0.5, 0.6) is 0 Å². The number of hydrogen-bond donors (Lipinski definition) is 0. The van der Waals surface area contributed by atoms with Crippen molar-refractivity contribution in [1.29, 1.82) is 0 Å². The quantitative estimate of drug-likeness (QED) is 0.369. The molecule has 0 atom stereocenters. The lowest BCUT2D eigenvalue weighted by Gasteiger charge is -2.04. The average molecular weight is 361 g/mol. The summed E-state index contributed by atoms with van der Waals surface area (Å²) in [5, 5.41) is 10.4. The zero-order chi connectivity index (χ0) is 19.2. The first-order valence-corrected chi connectivity index (χ1v) is 8.59. The molecular weight excluding hydrogens is 342 g/mol. The molecule has 1 aliphatic carbocycles. The van der Waals surface area contributed by atoms with Crippen LogP contribution in [0.3, 0.4) is 0 Å². The zero-order valence-corrected chi connectivity index (χ0v) is 14.9. The molecule has 27 heavy (non-hydrogen) atoms. The smallest absolute Gasteiger partial charge is 0.293 e. The van der Waals surface area contributed by atoms with Crippen molar-refractivity contribution in [2.75, 3.05) is 0 Å². The fourth-order valence-corrected chi connectivity index (χ4v) is 3.34. The van der Waals surface area contributed by atoms with Gasteiger partial charge in [0, 0.05) is 12.0 Å². The molecule has 0 bridgehead atoms. The molecule has 0 fully saturated rings. The molecule has 4 rings (SSSR count). The van der Waals surface area contributed by atoms with E-state index in [2.05, 4.69) is 60.2 Å². The normalized spacial score (nSPS) is 11.6. The van der Waals surface area contributed by atoms with Gasteiger partial charge in [-0.15, -0.1) is 0 Å². The summed E-state index contributed by atoms with van der Waals surface area (Å²) in [7, 11) is 0. The van der Waals surface area contributed by atoms with Crippen LogP contribution in [0.25, 0.3) is 11.1 Å². The van der Waals surface area contributed by atoms with E-state index in [4.69, 9.17) is 0 Å². The van der Waals surface area contributed by atoms with Gasteiger partial charge in [-0.3, -0.25) is 14.9 Å². The highest BCUT2D eigenvalue weighted by Gasteiger charge is 2.23. The number of nitro groups is 1. The topological polar surface area (TPSA) is 69.4 Å². The molecule has 0 unspecified atom stereocenters. The first kappa shape index (κ1) is 18.3. The number of ether oxygens (including phenoxy) is 1. The van der Waals surface area contributed by atoms with Gasteiger partial charge in [0.05, 0.1) is 10.5 Å². The Hall–Kier alpha value is -3.47. The van der Waals surface area contributed by atoms with Crippen LogP contribution in [0.1, 0.15) is 29.5 Å². The second kappa shape index (κ2) is 8.27. The number of hydrogen-bond acceptors (Lipinski definition) is 4. The molecule has 0 aromatic heterocycles. The van der Waals surface area contributed by atoms with Crippen LogP contribution in [-0.4, -0.2) is 11.4 Å².